The summed E-state index contributed by atoms with van der Waals surface area (Å²) in [6, 6.07) is 26.7. The highest BCUT2D eigenvalue weighted by molar-refractivity contribution is 5.78. The summed E-state index contributed by atoms with van der Waals surface area (Å²) < 4.78 is 5.21. The molecule has 4 rings (SSSR count). The average molecular weight is 437 g/mol. The normalized spacial score (nSPS) is 11.9. The molecule has 0 aliphatic heterocycles. The molecule has 1 heterocycles. The van der Waals surface area contributed by atoms with Crippen molar-refractivity contribution in [1.29, 1.82) is 0 Å². The van der Waals surface area contributed by atoms with E-state index in [2.05, 4.69) is 46.4 Å². The van der Waals surface area contributed by atoms with Gasteiger partial charge in [-0.2, -0.15) is 0 Å². The fourth-order valence-corrected chi connectivity index (χ4v) is 3.22. The first-order chi connectivity index (χ1) is 16.0. The second-order valence-corrected chi connectivity index (χ2v) is 7.59. The Balaban J connectivity index is 1.50. The lowest BCUT2D eigenvalue weighted by Gasteiger charge is -2.08. The van der Waals surface area contributed by atoms with Crippen molar-refractivity contribution in [2.45, 2.75) is 13.0 Å². The largest absolute Gasteiger partial charge is 0.425 e. The van der Waals surface area contributed by atoms with Crippen LogP contribution in [0.1, 0.15) is 18.2 Å². The molecule has 1 aromatic heterocycles. The molecule has 6 heteroatoms. The molecule has 0 fully saturated rings. The van der Waals surface area contributed by atoms with E-state index < -0.39 is 12.0 Å². The Labute approximate surface area is 192 Å². The lowest BCUT2D eigenvalue weighted by Crippen LogP contribution is -2.30. The molecule has 3 aromatic carbocycles. The van der Waals surface area contributed by atoms with Gasteiger partial charge in [-0.15, -0.1) is 0 Å². The van der Waals surface area contributed by atoms with E-state index in [4.69, 9.17) is 16.2 Å². The zero-order chi connectivity index (χ0) is 23.2. The average Bonchev–Trinajstić information content (AvgIpc) is 2.84. The number of anilines is 1. The number of esters is 1. The molecule has 4 aromatic rings. The van der Waals surface area contributed by atoms with Crippen LogP contribution in [0, 0.1) is 0 Å². The molecule has 0 bridgehead atoms. The number of hydrogen-bond donors (Lipinski definition) is 2. The third-order valence-corrected chi connectivity index (χ3v) is 4.97. The summed E-state index contributed by atoms with van der Waals surface area (Å²) in [4.78, 5) is 20.3. The van der Waals surface area contributed by atoms with Crippen molar-refractivity contribution in [3.63, 3.8) is 0 Å². The van der Waals surface area contributed by atoms with Crippen LogP contribution in [-0.4, -0.2) is 22.0 Å². The molecule has 6 nitrogen and oxygen atoms in total. The number of carbonyl (C=O) groups excluding carboxylic acids is 1. The van der Waals surface area contributed by atoms with E-state index >= 15 is 0 Å². The van der Waals surface area contributed by atoms with Gasteiger partial charge < -0.3 is 16.2 Å². The van der Waals surface area contributed by atoms with Gasteiger partial charge in [0.05, 0.1) is 11.4 Å². The second-order valence-electron chi connectivity index (χ2n) is 7.59. The lowest BCUT2D eigenvalue weighted by atomic mass is 10.0. The summed E-state index contributed by atoms with van der Waals surface area (Å²) in [5.74, 6) is 0.111. The SMILES string of the molecule is C[C@H](N)C(=O)Oc1ccc(-c2cc(/C=C/c3ccc(-c4ccccc4)cc3)nc(N)n2)cc1. The second kappa shape index (κ2) is 9.89. The van der Waals surface area contributed by atoms with Crippen LogP contribution in [0.15, 0.2) is 84.9 Å². The minimum atomic E-state index is -0.685. The monoisotopic (exact) mass is 436 g/mol. The maximum atomic E-state index is 11.6. The highest BCUT2D eigenvalue weighted by Gasteiger charge is 2.10. The van der Waals surface area contributed by atoms with Crippen molar-refractivity contribution < 1.29 is 9.53 Å². The highest BCUT2D eigenvalue weighted by Crippen LogP contribution is 2.24. The molecule has 1 atom stereocenters. The van der Waals surface area contributed by atoms with E-state index in [-0.39, 0.29) is 5.95 Å². The predicted molar refractivity (Wildman–Crippen MR) is 132 cm³/mol. The number of ether oxygens (including phenoxy) is 1. The van der Waals surface area contributed by atoms with Crippen LogP contribution in [0.25, 0.3) is 34.5 Å². The van der Waals surface area contributed by atoms with Gasteiger partial charge in [-0.1, -0.05) is 60.7 Å². The van der Waals surface area contributed by atoms with Crippen LogP contribution in [0.2, 0.25) is 0 Å². The first kappa shape index (κ1) is 21.9. The first-order valence-corrected chi connectivity index (χ1v) is 10.5. The molecule has 0 radical (unpaired) electrons. The molecule has 4 N–H and O–H groups in total. The summed E-state index contributed by atoms with van der Waals surface area (Å²) in [5, 5.41) is 0. The molecule has 0 amide bonds. The Kier molecular flexibility index (Phi) is 6.57. The van der Waals surface area contributed by atoms with Gasteiger partial charge in [0.15, 0.2) is 0 Å². The zero-order valence-electron chi connectivity index (χ0n) is 18.2. The molecular weight excluding hydrogens is 412 g/mol. The Morgan fingerprint density at radius 1 is 0.848 bits per heavy atom. The lowest BCUT2D eigenvalue weighted by molar-refractivity contribution is -0.135. The summed E-state index contributed by atoms with van der Waals surface area (Å²) in [7, 11) is 0. The molecule has 164 valence electrons. The number of nitrogens with zero attached hydrogens (tertiary/aromatic N) is 2. The minimum Gasteiger partial charge on any atom is -0.425 e. The predicted octanol–water partition coefficient (Wildman–Crippen LogP) is 4.82. The highest BCUT2D eigenvalue weighted by atomic mass is 16.5. The van der Waals surface area contributed by atoms with Crippen molar-refractivity contribution in [2.75, 3.05) is 5.73 Å². The quantitative estimate of drug-likeness (QED) is 0.332. The van der Waals surface area contributed by atoms with Gasteiger partial charge in [0.1, 0.15) is 11.8 Å². The van der Waals surface area contributed by atoms with E-state index in [1.165, 1.54) is 5.56 Å². The van der Waals surface area contributed by atoms with Crippen molar-refractivity contribution in [3.05, 3.63) is 96.2 Å². The fraction of sp³-hybridized carbons (Fsp3) is 0.0741. The van der Waals surface area contributed by atoms with E-state index in [1.807, 2.05) is 36.4 Å². The number of nitrogen functional groups attached to an aromatic ring is 1. The Hall–Kier alpha value is -4.29. The van der Waals surface area contributed by atoms with Gasteiger partial charge in [-0.25, -0.2) is 14.8 Å². The zero-order valence-corrected chi connectivity index (χ0v) is 18.2. The fourth-order valence-electron chi connectivity index (χ4n) is 3.22. The van der Waals surface area contributed by atoms with E-state index in [0.29, 0.717) is 17.1 Å². The van der Waals surface area contributed by atoms with E-state index in [1.54, 1.807) is 31.2 Å². The van der Waals surface area contributed by atoms with Gasteiger partial charge in [-0.3, -0.25) is 0 Å². The summed E-state index contributed by atoms with van der Waals surface area (Å²) in [5.41, 5.74) is 17.1. The van der Waals surface area contributed by atoms with Gasteiger partial charge in [0.2, 0.25) is 5.95 Å². The van der Waals surface area contributed by atoms with Crippen LogP contribution in [0.4, 0.5) is 5.95 Å². The Morgan fingerprint density at radius 3 is 2.15 bits per heavy atom. The topological polar surface area (TPSA) is 104 Å². The first-order valence-electron chi connectivity index (χ1n) is 10.5. The Morgan fingerprint density at radius 2 is 1.48 bits per heavy atom. The molecule has 33 heavy (non-hydrogen) atoms. The summed E-state index contributed by atoms with van der Waals surface area (Å²) in [6.45, 7) is 1.58. The van der Waals surface area contributed by atoms with Gasteiger partial charge in [-0.05, 0) is 60.0 Å². The molecule has 0 aliphatic carbocycles. The number of hydrogen-bond acceptors (Lipinski definition) is 6. The number of benzene rings is 3. The molecule has 0 saturated carbocycles. The van der Waals surface area contributed by atoms with Gasteiger partial charge in [0, 0.05) is 5.56 Å². The van der Waals surface area contributed by atoms with E-state index in [0.717, 1.165) is 16.7 Å². The van der Waals surface area contributed by atoms with E-state index in [9.17, 15) is 4.79 Å². The molecule has 0 saturated heterocycles. The number of aromatic nitrogens is 2. The Bertz CT molecular complexity index is 1270. The van der Waals surface area contributed by atoms with Crippen molar-refractivity contribution in [2.24, 2.45) is 5.73 Å². The van der Waals surface area contributed by atoms with Gasteiger partial charge >= 0.3 is 5.97 Å². The van der Waals surface area contributed by atoms with Crippen molar-refractivity contribution in [1.82, 2.24) is 9.97 Å². The number of nitrogens with two attached hydrogens (primary N) is 2. The van der Waals surface area contributed by atoms with Crippen LogP contribution in [0.5, 0.6) is 5.75 Å². The number of carbonyl (C=O) groups is 1. The third-order valence-electron chi connectivity index (χ3n) is 4.97. The van der Waals surface area contributed by atoms with Crippen LogP contribution >= 0.6 is 0 Å². The van der Waals surface area contributed by atoms with Crippen LogP contribution in [-0.2, 0) is 4.79 Å². The maximum Gasteiger partial charge on any atom is 0.328 e. The summed E-state index contributed by atoms with van der Waals surface area (Å²) in [6.07, 6.45) is 3.88. The standard InChI is InChI=1S/C27H24N4O2/c1-18(28)26(32)33-24-15-12-22(13-16-24)25-17-23(30-27(29)31-25)14-9-19-7-10-21(11-8-19)20-5-3-2-4-6-20/h2-18H,28H2,1H3,(H2,29,30,31)/b14-9+/t18-/m0/s1. The number of rotatable bonds is 6. The van der Waals surface area contributed by atoms with Gasteiger partial charge in [0.25, 0.3) is 0 Å². The molecule has 0 aliphatic rings. The third kappa shape index (κ3) is 5.70. The molecule has 0 spiro atoms. The maximum absolute atomic E-state index is 11.6. The van der Waals surface area contributed by atoms with Crippen LogP contribution < -0.4 is 16.2 Å². The smallest absolute Gasteiger partial charge is 0.328 e. The summed E-state index contributed by atoms with van der Waals surface area (Å²) >= 11 is 0. The molecule has 0 unspecified atom stereocenters. The van der Waals surface area contributed by atoms with Crippen molar-refractivity contribution in [3.8, 4) is 28.1 Å². The minimum absolute atomic E-state index is 0.180. The molecular formula is C27H24N4O2. The van der Waals surface area contributed by atoms with Crippen molar-refractivity contribution >= 4 is 24.1 Å². The van der Waals surface area contributed by atoms with Crippen LogP contribution in [0.3, 0.4) is 0 Å².